The van der Waals surface area contributed by atoms with Crippen molar-refractivity contribution in [3.63, 3.8) is 0 Å². The summed E-state index contributed by atoms with van der Waals surface area (Å²) in [5.74, 6) is 1.37. The van der Waals surface area contributed by atoms with E-state index in [0.29, 0.717) is 11.6 Å². The van der Waals surface area contributed by atoms with E-state index in [1.54, 1.807) is 0 Å². The number of aromatic amines is 1. The fourth-order valence-electron chi connectivity index (χ4n) is 2.49. The number of nitrogens with zero attached hydrogens (tertiary/aromatic N) is 3. The molecule has 0 spiro atoms. The smallest absolute Gasteiger partial charge is 0.224 e. The largest absolute Gasteiger partial charge is 0.368 e. The van der Waals surface area contributed by atoms with Gasteiger partial charge >= 0.3 is 0 Å². The van der Waals surface area contributed by atoms with Gasteiger partial charge in [0, 0.05) is 28.2 Å². The molecule has 0 aliphatic heterocycles. The van der Waals surface area contributed by atoms with Gasteiger partial charge in [-0.3, -0.25) is 0 Å². The minimum atomic E-state index is 0.217. The van der Waals surface area contributed by atoms with Gasteiger partial charge in [0.05, 0.1) is 0 Å². The van der Waals surface area contributed by atoms with Crippen molar-refractivity contribution in [2.24, 2.45) is 0 Å². The van der Waals surface area contributed by atoms with Crippen LogP contribution in [0, 0.1) is 0 Å². The second kappa shape index (κ2) is 4.96. The van der Waals surface area contributed by atoms with E-state index in [9.17, 15) is 0 Å². The van der Waals surface area contributed by atoms with E-state index in [1.165, 1.54) is 0 Å². The Morgan fingerprint density at radius 1 is 0.773 bits per heavy atom. The highest BCUT2D eigenvalue weighted by Crippen LogP contribution is 2.27. The van der Waals surface area contributed by atoms with Gasteiger partial charge in [0.2, 0.25) is 5.95 Å². The highest BCUT2D eigenvalue weighted by Gasteiger charge is 2.12. The Morgan fingerprint density at radius 3 is 2.36 bits per heavy atom. The second-order valence-corrected chi connectivity index (χ2v) is 4.95. The van der Waals surface area contributed by atoms with E-state index in [-0.39, 0.29) is 5.95 Å². The van der Waals surface area contributed by atoms with Crippen LogP contribution in [0.5, 0.6) is 0 Å². The van der Waals surface area contributed by atoms with Crippen LogP contribution in [0.15, 0.2) is 60.8 Å². The predicted molar refractivity (Wildman–Crippen MR) is 87.0 cm³/mol. The maximum atomic E-state index is 5.87. The number of fused-ring (bicyclic) bond motifs is 1. The molecular weight excluding hydrogens is 274 g/mol. The molecule has 3 N–H and O–H groups in total. The molecule has 2 aromatic heterocycles. The van der Waals surface area contributed by atoms with E-state index in [1.807, 2.05) is 60.8 Å². The van der Waals surface area contributed by atoms with Gasteiger partial charge in [-0.2, -0.15) is 9.97 Å². The molecule has 0 fully saturated rings. The zero-order valence-electron chi connectivity index (χ0n) is 11.7. The molecule has 0 saturated heterocycles. The van der Waals surface area contributed by atoms with Crippen LogP contribution in [0.2, 0.25) is 0 Å². The normalized spacial score (nSPS) is 10.9. The third kappa shape index (κ3) is 2.09. The van der Waals surface area contributed by atoms with Crippen LogP contribution in [0.4, 0.5) is 5.95 Å². The van der Waals surface area contributed by atoms with Gasteiger partial charge < -0.3 is 10.7 Å². The van der Waals surface area contributed by atoms with Crippen molar-refractivity contribution in [1.29, 1.82) is 0 Å². The van der Waals surface area contributed by atoms with Gasteiger partial charge in [-0.25, -0.2) is 4.98 Å². The monoisotopic (exact) mass is 287 g/mol. The van der Waals surface area contributed by atoms with Crippen molar-refractivity contribution in [2.45, 2.75) is 0 Å². The molecule has 0 amide bonds. The summed E-state index contributed by atoms with van der Waals surface area (Å²) in [6.07, 6.45) is 1.90. The second-order valence-electron chi connectivity index (χ2n) is 4.95. The first-order valence-electron chi connectivity index (χ1n) is 6.95. The molecule has 0 saturated carbocycles. The first-order chi connectivity index (χ1) is 10.8. The number of benzene rings is 2. The number of nitrogens with two attached hydrogens (primary N) is 1. The number of anilines is 1. The van der Waals surface area contributed by atoms with Crippen LogP contribution in [0.1, 0.15) is 0 Å². The number of hydrogen-bond acceptors (Lipinski definition) is 4. The highest BCUT2D eigenvalue weighted by molar-refractivity contribution is 5.93. The Kier molecular flexibility index (Phi) is 2.83. The molecule has 5 heteroatoms. The average Bonchev–Trinajstić information content (AvgIpc) is 2.99. The quantitative estimate of drug-likeness (QED) is 0.593. The first-order valence-corrected chi connectivity index (χ1v) is 6.95. The SMILES string of the molecule is Nc1nc(-c2ccccc2)nc(-c2c[nH]c3ccccc23)n1. The third-order valence-electron chi connectivity index (χ3n) is 3.51. The lowest BCUT2D eigenvalue weighted by Gasteiger charge is -2.04. The van der Waals surface area contributed by atoms with Gasteiger partial charge in [-0.05, 0) is 6.07 Å². The summed E-state index contributed by atoms with van der Waals surface area (Å²) >= 11 is 0. The molecule has 2 aromatic carbocycles. The number of hydrogen-bond donors (Lipinski definition) is 2. The number of aromatic nitrogens is 4. The molecule has 4 rings (SSSR count). The number of H-pyrrole nitrogens is 1. The molecule has 0 aliphatic rings. The maximum absolute atomic E-state index is 5.87. The molecule has 0 aliphatic carbocycles. The van der Waals surface area contributed by atoms with E-state index >= 15 is 0 Å². The zero-order chi connectivity index (χ0) is 14.9. The summed E-state index contributed by atoms with van der Waals surface area (Å²) in [7, 11) is 0. The minimum Gasteiger partial charge on any atom is -0.368 e. The Hall–Kier alpha value is -3.21. The van der Waals surface area contributed by atoms with Crippen molar-refractivity contribution in [3.05, 3.63) is 60.8 Å². The summed E-state index contributed by atoms with van der Waals surface area (Å²) in [6, 6.07) is 17.8. The van der Waals surface area contributed by atoms with Crippen LogP contribution in [-0.4, -0.2) is 19.9 Å². The summed E-state index contributed by atoms with van der Waals surface area (Å²) in [6.45, 7) is 0. The molecular formula is C17H13N5. The fraction of sp³-hybridized carbons (Fsp3) is 0. The lowest BCUT2D eigenvalue weighted by molar-refractivity contribution is 1.08. The molecule has 22 heavy (non-hydrogen) atoms. The summed E-state index contributed by atoms with van der Waals surface area (Å²) in [4.78, 5) is 16.3. The van der Waals surface area contributed by atoms with E-state index in [2.05, 4.69) is 19.9 Å². The molecule has 0 radical (unpaired) electrons. The van der Waals surface area contributed by atoms with Gasteiger partial charge in [-0.1, -0.05) is 48.5 Å². The molecule has 0 unspecified atom stereocenters. The predicted octanol–water partition coefficient (Wildman–Crippen LogP) is 3.27. The Morgan fingerprint density at radius 2 is 1.50 bits per heavy atom. The van der Waals surface area contributed by atoms with Gasteiger partial charge in [0.25, 0.3) is 0 Å². The molecule has 4 aromatic rings. The lowest BCUT2D eigenvalue weighted by Crippen LogP contribution is -2.02. The molecule has 0 bridgehead atoms. The molecule has 5 nitrogen and oxygen atoms in total. The highest BCUT2D eigenvalue weighted by atomic mass is 15.1. The zero-order valence-corrected chi connectivity index (χ0v) is 11.7. The van der Waals surface area contributed by atoms with Crippen LogP contribution >= 0.6 is 0 Å². The Bertz CT molecular complexity index is 944. The van der Waals surface area contributed by atoms with Crippen molar-refractivity contribution < 1.29 is 0 Å². The van der Waals surface area contributed by atoms with Crippen LogP contribution in [0.25, 0.3) is 33.7 Å². The average molecular weight is 287 g/mol. The van der Waals surface area contributed by atoms with Crippen molar-refractivity contribution in [2.75, 3.05) is 5.73 Å². The first kappa shape index (κ1) is 12.5. The van der Waals surface area contributed by atoms with Crippen molar-refractivity contribution in [1.82, 2.24) is 19.9 Å². The fourth-order valence-corrected chi connectivity index (χ4v) is 2.49. The third-order valence-corrected chi connectivity index (χ3v) is 3.51. The van der Waals surface area contributed by atoms with Crippen molar-refractivity contribution >= 4 is 16.9 Å². The summed E-state index contributed by atoms with van der Waals surface area (Å²) in [5.41, 5.74) is 8.75. The topological polar surface area (TPSA) is 80.5 Å². The number of rotatable bonds is 2. The summed E-state index contributed by atoms with van der Waals surface area (Å²) in [5, 5.41) is 1.06. The van der Waals surface area contributed by atoms with Crippen LogP contribution < -0.4 is 5.73 Å². The Balaban J connectivity index is 1.91. The van der Waals surface area contributed by atoms with Gasteiger partial charge in [0.1, 0.15) is 0 Å². The Labute approximate surface area is 126 Å². The number of para-hydroxylation sites is 1. The minimum absolute atomic E-state index is 0.217. The van der Waals surface area contributed by atoms with E-state index in [4.69, 9.17) is 5.73 Å². The van der Waals surface area contributed by atoms with Crippen LogP contribution in [-0.2, 0) is 0 Å². The molecule has 2 heterocycles. The van der Waals surface area contributed by atoms with Crippen LogP contribution in [0.3, 0.4) is 0 Å². The maximum Gasteiger partial charge on any atom is 0.224 e. The number of nitrogens with one attached hydrogen (secondary N) is 1. The standard InChI is InChI=1S/C17H13N5/c18-17-21-15(11-6-2-1-3-7-11)20-16(22-17)13-10-19-14-9-5-4-8-12(13)14/h1-10,19H,(H2,18,20,21,22). The van der Waals surface area contributed by atoms with Crippen molar-refractivity contribution in [3.8, 4) is 22.8 Å². The molecule has 0 atom stereocenters. The lowest BCUT2D eigenvalue weighted by atomic mass is 10.1. The van der Waals surface area contributed by atoms with E-state index in [0.717, 1.165) is 22.0 Å². The number of nitrogen functional groups attached to an aromatic ring is 1. The van der Waals surface area contributed by atoms with E-state index < -0.39 is 0 Å². The van der Waals surface area contributed by atoms with Gasteiger partial charge in [-0.15, -0.1) is 0 Å². The molecule has 106 valence electrons. The van der Waals surface area contributed by atoms with Gasteiger partial charge in [0.15, 0.2) is 11.6 Å². The summed E-state index contributed by atoms with van der Waals surface area (Å²) < 4.78 is 0.